The van der Waals surface area contributed by atoms with Crippen LogP contribution in [-0.4, -0.2) is 16.5 Å². The quantitative estimate of drug-likeness (QED) is 0.842. The second kappa shape index (κ2) is 5.98. The second-order valence-electron chi connectivity index (χ2n) is 4.74. The van der Waals surface area contributed by atoms with Gasteiger partial charge in [0.25, 0.3) is 0 Å². The van der Waals surface area contributed by atoms with Crippen LogP contribution in [0.3, 0.4) is 0 Å². The number of aromatic nitrogens is 2. The minimum atomic E-state index is 0.591. The fourth-order valence-electron chi connectivity index (χ4n) is 2.31. The summed E-state index contributed by atoms with van der Waals surface area (Å²) >= 11 is 2.34. The average Bonchev–Trinajstić information content (AvgIpc) is 2.84. The molecule has 0 saturated heterocycles. The molecule has 1 aromatic heterocycles. The van der Waals surface area contributed by atoms with E-state index in [4.69, 9.17) is 4.98 Å². The van der Waals surface area contributed by atoms with Crippen LogP contribution in [0, 0.1) is 10.5 Å². The summed E-state index contributed by atoms with van der Waals surface area (Å²) < 4.78 is 1.16. The summed E-state index contributed by atoms with van der Waals surface area (Å²) in [4.78, 5) is 9.39. The molecule has 1 saturated carbocycles. The lowest BCUT2D eigenvalue weighted by Gasteiger charge is -2.13. The monoisotopic (exact) mass is 345 g/mol. The van der Waals surface area contributed by atoms with Crippen molar-refractivity contribution < 1.29 is 0 Å². The summed E-state index contributed by atoms with van der Waals surface area (Å²) in [5.41, 5.74) is 1.11. The lowest BCUT2D eigenvalue weighted by atomic mass is 10.1. The zero-order valence-electron chi connectivity index (χ0n) is 10.6. The van der Waals surface area contributed by atoms with Crippen LogP contribution in [0.15, 0.2) is 0 Å². The minimum absolute atomic E-state index is 0.591. The fraction of sp³-hybridized carbons (Fsp3) is 0.692. The molecule has 0 spiro atoms. The Kier molecular flexibility index (Phi) is 4.59. The molecular weight excluding hydrogens is 325 g/mol. The highest BCUT2D eigenvalue weighted by atomic mass is 127. The van der Waals surface area contributed by atoms with Gasteiger partial charge < -0.3 is 5.32 Å². The Bertz CT molecular complexity index is 386. The summed E-state index contributed by atoms with van der Waals surface area (Å²) in [6, 6.07) is 0. The van der Waals surface area contributed by atoms with E-state index in [0.717, 1.165) is 33.9 Å². The van der Waals surface area contributed by atoms with Gasteiger partial charge in [0.05, 0.1) is 9.26 Å². The van der Waals surface area contributed by atoms with Crippen LogP contribution in [-0.2, 0) is 0 Å². The first-order chi connectivity index (χ1) is 8.22. The molecular formula is C13H20IN3. The largest absolute Gasteiger partial charge is 0.369 e. The molecule has 1 N–H and O–H groups in total. The van der Waals surface area contributed by atoms with E-state index in [9.17, 15) is 0 Å². The molecule has 4 heteroatoms. The Balaban J connectivity index is 2.24. The molecule has 0 amide bonds. The van der Waals surface area contributed by atoms with Gasteiger partial charge in [-0.05, 0) is 48.8 Å². The number of hydrogen-bond donors (Lipinski definition) is 1. The van der Waals surface area contributed by atoms with Gasteiger partial charge in [0.1, 0.15) is 11.6 Å². The van der Waals surface area contributed by atoms with Crippen molar-refractivity contribution in [3.8, 4) is 0 Å². The van der Waals surface area contributed by atoms with Crippen molar-refractivity contribution in [1.82, 2.24) is 9.97 Å². The van der Waals surface area contributed by atoms with Crippen LogP contribution in [0.4, 0.5) is 5.82 Å². The number of rotatable bonds is 4. The van der Waals surface area contributed by atoms with Crippen LogP contribution in [0.5, 0.6) is 0 Å². The van der Waals surface area contributed by atoms with Crippen molar-refractivity contribution in [1.29, 1.82) is 0 Å². The predicted octanol–water partition coefficient (Wildman–Crippen LogP) is 3.87. The number of nitrogens with one attached hydrogen (secondary N) is 1. The van der Waals surface area contributed by atoms with Crippen LogP contribution >= 0.6 is 22.6 Å². The van der Waals surface area contributed by atoms with E-state index < -0.39 is 0 Å². The van der Waals surface area contributed by atoms with Crippen LogP contribution in [0.25, 0.3) is 0 Å². The van der Waals surface area contributed by atoms with Crippen LogP contribution in [0.2, 0.25) is 0 Å². The predicted molar refractivity (Wildman–Crippen MR) is 79.5 cm³/mol. The number of hydrogen-bond acceptors (Lipinski definition) is 3. The Morgan fingerprint density at radius 3 is 2.65 bits per heavy atom. The topological polar surface area (TPSA) is 37.8 Å². The van der Waals surface area contributed by atoms with Crippen molar-refractivity contribution >= 4 is 28.4 Å². The maximum atomic E-state index is 4.72. The highest BCUT2D eigenvalue weighted by molar-refractivity contribution is 14.1. The van der Waals surface area contributed by atoms with E-state index in [2.05, 4.69) is 46.7 Å². The SMILES string of the molecule is CCCNc1nc(C2CCCC2)nc(C)c1I. The fourth-order valence-corrected chi connectivity index (χ4v) is 2.74. The molecule has 2 rings (SSSR count). The van der Waals surface area contributed by atoms with Crippen molar-refractivity contribution in [2.45, 2.75) is 51.9 Å². The summed E-state index contributed by atoms with van der Waals surface area (Å²) in [6.45, 7) is 5.24. The van der Waals surface area contributed by atoms with Crippen molar-refractivity contribution in [2.24, 2.45) is 0 Å². The summed E-state index contributed by atoms with van der Waals surface area (Å²) in [5, 5.41) is 3.41. The zero-order valence-corrected chi connectivity index (χ0v) is 12.7. The molecule has 1 fully saturated rings. The zero-order chi connectivity index (χ0) is 12.3. The number of nitrogens with zero attached hydrogens (tertiary/aromatic N) is 2. The van der Waals surface area contributed by atoms with Gasteiger partial charge >= 0.3 is 0 Å². The Morgan fingerprint density at radius 1 is 1.29 bits per heavy atom. The van der Waals surface area contributed by atoms with E-state index in [1.807, 2.05) is 0 Å². The van der Waals surface area contributed by atoms with E-state index in [0.29, 0.717) is 5.92 Å². The molecule has 0 aliphatic heterocycles. The molecule has 0 unspecified atom stereocenters. The number of halogens is 1. The molecule has 94 valence electrons. The van der Waals surface area contributed by atoms with Gasteiger partial charge in [0, 0.05) is 12.5 Å². The van der Waals surface area contributed by atoms with Crippen molar-refractivity contribution in [3.63, 3.8) is 0 Å². The van der Waals surface area contributed by atoms with E-state index in [1.165, 1.54) is 25.7 Å². The third kappa shape index (κ3) is 3.09. The molecule has 1 heterocycles. The maximum absolute atomic E-state index is 4.72. The molecule has 0 radical (unpaired) electrons. The molecule has 0 aromatic carbocycles. The summed E-state index contributed by atoms with van der Waals surface area (Å²) in [6.07, 6.45) is 6.30. The van der Waals surface area contributed by atoms with Gasteiger partial charge in [-0.25, -0.2) is 9.97 Å². The third-order valence-corrected chi connectivity index (χ3v) is 4.59. The molecule has 0 atom stereocenters. The van der Waals surface area contributed by atoms with Gasteiger partial charge in [-0.2, -0.15) is 0 Å². The van der Waals surface area contributed by atoms with Gasteiger partial charge in [-0.1, -0.05) is 19.8 Å². The van der Waals surface area contributed by atoms with E-state index >= 15 is 0 Å². The summed E-state index contributed by atoms with van der Waals surface area (Å²) in [7, 11) is 0. The lowest BCUT2D eigenvalue weighted by molar-refractivity contribution is 0.663. The Hall–Kier alpha value is -0.390. The number of anilines is 1. The first-order valence-electron chi connectivity index (χ1n) is 6.50. The standard InChI is InChI=1S/C13H20IN3/c1-3-8-15-13-11(14)9(2)16-12(17-13)10-6-4-5-7-10/h10H,3-8H2,1-2H3,(H,15,16,17). The molecule has 1 aliphatic rings. The third-order valence-electron chi connectivity index (χ3n) is 3.30. The van der Waals surface area contributed by atoms with Crippen molar-refractivity contribution in [2.75, 3.05) is 11.9 Å². The van der Waals surface area contributed by atoms with Gasteiger partial charge in [0.2, 0.25) is 0 Å². The average molecular weight is 345 g/mol. The van der Waals surface area contributed by atoms with E-state index in [1.54, 1.807) is 0 Å². The lowest BCUT2D eigenvalue weighted by Crippen LogP contribution is -2.10. The first-order valence-corrected chi connectivity index (χ1v) is 7.58. The summed E-state index contributed by atoms with van der Waals surface area (Å²) in [5.74, 6) is 2.67. The Morgan fingerprint density at radius 2 is 2.00 bits per heavy atom. The maximum Gasteiger partial charge on any atom is 0.143 e. The first kappa shape index (κ1) is 13.1. The van der Waals surface area contributed by atoms with Crippen LogP contribution < -0.4 is 5.32 Å². The normalized spacial score (nSPS) is 16.4. The number of aryl methyl sites for hydroxylation is 1. The van der Waals surface area contributed by atoms with Gasteiger partial charge in [-0.3, -0.25) is 0 Å². The molecule has 1 aliphatic carbocycles. The molecule has 3 nitrogen and oxygen atoms in total. The van der Waals surface area contributed by atoms with Crippen molar-refractivity contribution in [3.05, 3.63) is 15.1 Å². The molecule has 17 heavy (non-hydrogen) atoms. The second-order valence-corrected chi connectivity index (χ2v) is 5.82. The molecule has 0 bridgehead atoms. The highest BCUT2D eigenvalue weighted by Crippen LogP contribution is 2.33. The smallest absolute Gasteiger partial charge is 0.143 e. The van der Waals surface area contributed by atoms with Gasteiger partial charge in [0.15, 0.2) is 0 Å². The molecule has 1 aromatic rings. The van der Waals surface area contributed by atoms with Crippen LogP contribution in [0.1, 0.15) is 56.5 Å². The van der Waals surface area contributed by atoms with Gasteiger partial charge in [-0.15, -0.1) is 0 Å². The minimum Gasteiger partial charge on any atom is -0.369 e. The van der Waals surface area contributed by atoms with E-state index in [-0.39, 0.29) is 0 Å². The highest BCUT2D eigenvalue weighted by Gasteiger charge is 2.21. The Labute approximate surface area is 117 Å².